The molecule has 1 aliphatic rings. The highest BCUT2D eigenvalue weighted by Gasteiger charge is 2.21. The molecule has 0 bridgehead atoms. The summed E-state index contributed by atoms with van der Waals surface area (Å²) in [4.78, 5) is 26.1. The molecular weight excluding hydrogens is 336 g/mol. The van der Waals surface area contributed by atoms with E-state index in [0.29, 0.717) is 31.1 Å². The normalized spacial score (nSPS) is 13.2. The summed E-state index contributed by atoms with van der Waals surface area (Å²) in [5, 5.41) is 3.51. The van der Waals surface area contributed by atoms with Crippen molar-refractivity contribution in [3.05, 3.63) is 70.2 Å². The second-order valence-corrected chi connectivity index (χ2v) is 6.67. The fourth-order valence-corrected chi connectivity index (χ4v) is 3.14. The summed E-state index contributed by atoms with van der Waals surface area (Å²) in [6, 6.07) is 15.7. The highest BCUT2D eigenvalue weighted by molar-refractivity contribution is 6.30. The van der Waals surface area contributed by atoms with Crippen molar-refractivity contribution in [1.82, 2.24) is 10.2 Å². The van der Waals surface area contributed by atoms with E-state index in [1.165, 1.54) is 11.1 Å². The van der Waals surface area contributed by atoms with Gasteiger partial charge in [-0.25, -0.2) is 0 Å². The maximum absolute atomic E-state index is 12.3. The Hall–Kier alpha value is -2.33. The van der Waals surface area contributed by atoms with Gasteiger partial charge in [-0.3, -0.25) is 9.59 Å². The Kier molecular flexibility index (Phi) is 5.71. The number of hydrogen-bond acceptors (Lipinski definition) is 2. The van der Waals surface area contributed by atoms with E-state index in [9.17, 15) is 9.59 Å². The fraction of sp³-hybridized carbons (Fsp3) is 0.300. The molecule has 0 radical (unpaired) electrons. The van der Waals surface area contributed by atoms with Gasteiger partial charge in [0.05, 0.1) is 0 Å². The number of carbonyl (C=O) groups is 2. The number of nitrogens with one attached hydrogen (secondary N) is 1. The summed E-state index contributed by atoms with van der Waals surface area (Å²) in [5.41, 5.74) is 3.56. The van der Waals surface area contributed by atoms with E-state index in [-0.39, 0.29) is 18.2 Å². The zero-order valence-electron chi connectivity index (χ0n) is 14.0. The van der Waals surface area contributed by atoms with Crippen LogP contribution in [-0.2, 0) is 29.0 Å². The van der Waals surface area contributed by atoms with Gasteiger partial charge in [-0.15, -0.1) is 0 Å². The van der Waals surface area contributed by atoms with Crippen molar-refractivity contribution in [3.8, 4) is 0 Å². The summed E-state index contributed by atoms with van der Waals surface area (Å²) < 4.78 is 0. The van der Waals surface area contributed by atoms with Crippen LogP contribution < -0.4 is 5.32 Å². The molecule has 25 heavy (non-hydrogen) atoms. The van der Waals surface area contributed by atoms with Crippen LogP contribution in [0.3, 0.4) is 0 Å². The van der Waals surface area contributed by atoms with Crippen LogP contribution in [0.2, 0.25) is 5.02 Å². The number of benzene rings is 2. The minimum absolute atomic E-state index is 0.0945. The number of hydrogen-bond donors (Lipinski definition) is 1. The van der Waals surface area contributed by atoms with E-state index >= 15 is 0 Å². The van der Waals surface area contributed by atoms with E-state index in [4.69, 9.17) is 11.6 Å². The first-order valence-electron chi connectivity index (χ1n) is 8.47. The number of nitrogens with zero attached hydrogens (tertiary/aromatic N) is 1. The quantitative estimate of drug-likeness (QED) is 0.837. The van der Waals surface area contributed by atoms with Crippen molar-refractivity contribution in [1.29, 1.82) is 0 Å². The average Bonchev–Trinajstić information content (AvgIpc) is 2.63. The Morgan fingerprint density at radius 2 is 1.76 bits per heavy atom. The van der Waals surface area contributed by atoms with Crippen LogP contribution in [0.25, 0.3) is 0 Å². The van der Waals surface area contributed by atoms with E-state index < -0.39 is 0 Å². The second-order valence-electron chi connectivity index (χ2n) is 6.24. The van der Waals surface area contributed by atoms with Crippen molar-refractivity contribution in [3.63, 3.8) is 0 Å². The minimum Gasteiger partial charge on any atom is -0.355 e. The lowest BCUT2D eigenvalue weighted by Crippen LogP contribution is -2.39. The minimum atomic E-state index is -0.224. The van der Waals surface area contributed by atoms with Crippen LogP contribution in [0.15, 0.2) is 48.5 Å². The Balaban J connectivity index is 1.43. The lowest BCUT2D eigenvalue weighted by Gasteiger charge is -2.28. The SMILES string of the molecule is O=C(CC(=O)N1CCc2ccccc2C1)NCCc1ccc(Cl)cc1. The van der Waals surface area contributed by atoms with Crippen molar-refractivity contribution in [2.24, 2.45) is 0 Å². The van der Waals surface area contributed by atoms with E-state index in [2.05, 4.69) is 11.4 Å². The van der Waals surface area contributed by atoms with Crippen LogP contribution in [0.5, 0.6) is 0 Å². The third-order valence-electron chi connectivity index (χ3n) is 4.44. The molecule has 130 valence electrons. The standard InChI is InChI=1S/C20H21ClN2O2/c21-18-7-5-15(6-8-18)9-11-22-19(24)13-20(25)23-12-10-16-3-1-2-4-17(16)14-23/h1-8H,9-14H2,(H,22,24). The molecule has 1 aliphatic heterocycles. The Labute approximate surface area is 152 Å². The Morgan fingerprint density at radius 3 is 2.52 bits per heavy atom. The molecule has 0 atom stereocenters. The first-order chi connectivity index (χ1) is 12.1. The first-order valence-corrected chi connectivity index (χ1v) is 8.85. The predicted molar refractivity (Wildman–Crippen MR) is 98.3 cm³/mol. The highest BCUT2D eigenvalue weighted by atomic mass is 35.5. The molecule has 0 aliphatic carbocycles. The topological polar surface area (TPSA) is 49.4 Å². The molecule has 3 rings (SSSR count). The third kappa shape index (κ3) is 4.83. The van der Waals surface area contributed by atoms with Crippen LogP contribution in [0.1, 0.15) is 23.1 Å². The largest absolute Gasteiger partial charge is 0.355 e. The number of fused-ring (bicyclic) bond motifs is 1. The van der Waals surface area contributed by atoms with Crippen molar-refractivity contribution in [2.45, 2.75) is 25.8 Å². The van der Waals surface area contributed by atoms with Gasteiger partial charge in [-0.1, -0.05) is 48.0 Å². The van der Waals surface area contributed by atoms with E-state index in [1.807, 2.05) is 42.5 Å². The molecule has 0 saturated carbocycles. The van der Waals surface area contributed by atoms with Crippen LogP contribution >= 0.6 is 11.6 Å². The molecule has 5 heteroatoms. The summed E-state index contributed by atoms with van der Waals surface area (Å²) >= 11 is 5.85. The van der Waals surface area contributed by atoms with E-state index in [1.54, 1.807) is 4.90 Å². The number of halogens is 1. The van der Waals surface area contributed by atoms with Gasteiger partial charge in [-0.2, -0.15) is 0 Å². The maximum Gasteiger partial charge on any atom is 0.232 e. The zero-order valence-corrected chi connectivity index (χ0v) is 14.8. The first kappa shape index (κ1) is 17.5. The molecule has 2 amide bonds. The summed E-state index contributed by atoms with van der Waals surface area (Å²) in [5.74, 6) is -0.337. The monoisotopic (exact) mass is 356 g/mol. The molecule has 1 N–H and O–H groups in total. The van der Waals surface area contributed by atoms with Gasteiger partial charge >= 0.3 is 0 Å². The summed E-state index contributed by atoms with van der Waals surface area (Å²) in [6.45, 7) is 1.78. The summed E-state index contributed by atoms with van der Waals surface area (Å²) in [7, 11) is 0. The molecule has 4 nitrogen and oxygen atoms in total. The van der Waals surface area contributed by atoms with Crippen molar-refractivity contribution in [2.75, 3.05) is 13.1 Å². The third-order valence-corrected chi connectivity index (χ3v) is 4.70. The molecule has 1 heterocycles. The fourth-order valence-electron chi connectivity index (χ4n) is 3.02. The molecule has 0 saturated heterocycles. The van der Waals surface area contributed by atoms with Crippen molar-refractivity contribution < 1.29 is 9.59 Å². The molecule has 0 spiro atoms. The zero-order chi connectivity index (χ0) is 17.6. The maximum atomic E-state index is 12.3. The van der Waals surface area contributed by atoms with Gasteiger partial charge in [-0.05, 0) is 41.7 Å². The van der Waals surface area contributed by atoms with Crippen molar-refractivity contribution >= 4 is 23.4 Å². The highest BCUT2D eigenvalue weighted by Crippen LogP contribution is 2.18. The van der Waals surface area contributed by atoms with Crippen LogP contribution in [0.4, 0.5) is 0 Å². The predicted octanol–water partition coefficient (Wildman–Crippen LogP) is 2.97. The number of rotatable bonds is 5. The molecule has 0 fully saturated rings. The van der Waals surface area contributed by atoms with Gasteiger partial charge in [0.25, 0.3) is 0 Å². The smallest absolute Gasteiger partial charge is 0.232 e. The second kappa shape index (κ2) is 8.17. The van der Waals surface area contributed by atoms with Gasteiger partial charge in [0.15, 0.2) is 0 Å². The summed E-state index contributed by atoms with van der Waals surface area (Å²) in [6.07, 6.45) is 1.47. The average molecular weight is 357 g/mol. The molecule has 2 aromatic carbocycles. The molecule has 0 unspecified atom stereocenters. The van der Waals surface area contributed by atoms with Gasteiger partial charge in [0.1, 0.15) is 6.42 Å². The molecular formula is C20H21ClN2O2. The number of amides is 2. The van der Waals surface area contributed by atoms with Crippen LogP contribution in [0, 0.1) is 0 Å². The van der Waals surface area contributed by atoms with Crippen LogP contribution in [-0.4, -0.2) is 29.8 Å². The number of carbonyl (C=O) groups excluding carboxylic acids is 2. The van der Waals surface area contributed by atoms with Gasteiger partial charge in [0, 0.05) is 24.7 Å². The van der Waals surface area contributed by atoms with Gasteiger partial charge in [0.2, 0.25) is 11.8 Å². The van der Waals surface area contributed by atoms with E-state index in [0.717, 1.165) is 12.0 Å². The Bertz CT molecular complexity index is 759. The Morgan fingerprint density at radius 1 is 1.04 bits per heavy atom. The lowest BCUT2D eigenvalue weighted by atomic mass is 10.00. The lowest BCUT2D eigenvalue weighted by molar-refractivity contribution is -0.136. The molecule has 0 aromatic heterocycles. The van der Waals surface area contributed by atoms with Gasteiger partial charge < -0.3 is 10.2 Å². The molecule has 2 aromatic rings.